The minimum Gasteiger partial charge on any atom is -0.387 e. The predicted octanol–water partition coefficient (Wildman–Crippen LogP) is 0.429. The molecule has 0 saturated carbocycles. The quantitative estimate of drug-likeness (QED) is 0.823. The molecule has 0 amide bonds. The standard InChI is InChI=1S/C13H17N3O2/c1-14-9-12(17)10-5-3-4-6-11(10)16-8-7-15(2)13(16)18/h3-8,12,14,17H,9H2,1-2H3. The average molecular weight is 247 g/mol. The first-order chi connectivity index (χ1) is 8.65. The molecule has 5 nitrogen and oxygen atoms in total. The topological polar surface area (TPSA) is 59.2 Å². The van der Waals surface area contributed by atoms with Crippen molar-refractivity contribution in [3.63, 3.8) is 0 Å². The summed E-state index contributed by atoms with van der Waals surface area (Å²) >= 11 is 0. The summed E-state index contributed by atoms with van der Waals surface area (Å²) < 4.78 is 3.04. The van der Waals surface area contributed by atoms with Crippen molar-refractivity contribution in [2.45, 2.75) is 6.10 Å². The van der Waals surface area contributed by atoms with Crippen LogP contribution >= 0.6 is 0 Å². The van der Waals surface area contributed by atoms with Crippen LogP contribution in [-0.2, 0) is 7.05 Å². The molecule has 0 saturated heterocycles. The van der Waals surface area contributed by atoms with E-state index in [0.717, 1.165) is 5.56 Å². The van der Waals surface area contributed by atoms with Gasteiger partial charge in [-0.2, -0.15) is 0 Å². The smallest absolute Gasteiger partial charge is 0.332 e. The summed E-state index contributed by atoms with van der Waals surface area (Å²) in [6, 6.07) is 7.36. The number of hydrogen-bond donors (Lipinski definition) is 2. The molecule has 0 aliphatic rings. The lowest BCUT2D eigenvalue weighted by Gasteiger charge is -2.15. The number of aliphatic hydroxyl groups is 1. The van der Waals surface area contributed by atoms with Crippen LogP contribution in [0.15, 0.2) is 41.5 Å². The number of nitrogens with zero attached hydrogens (tertiary/aromatic N) is 2. The maximum Gasteiger partial charge on any atom is 0.332 e. The third-order valence-corrected chi connectivity index (χ3v) is 2.90. The fourth-order valence-electron chi connectivity index (χ4n) is 1.94. The Morgan fingerprint density at radius 2 is 2.06 bits per heavy atom. The summed E-state index contributed by atoms with van der Waals surface area (Å²) in [6.45, 7) is 0.443. The molecule has 96 valence electrons. The number of imidazole rings is 1. The van der Waals surface area contributed by atoms with Crippen molar-refractivity contribution in [1.29, 1.82) is 0 Å². The van der Waals surface area contributed by atoms with Crippen molar-refractivity contribution in [2.75, 3.05) is 13.6 Å². The highest BCUT2D eigenvalue weighted by atomic mass is 16.3. The Bertz CT molecular complexity index is 586. The molecule has 5 heteroatoms. The van der Waals surface area contributed by atoms with Gasteiger partial charge in [-0.1, -0.05) is 18.2 Å². The minimum atomic E-state index is -0.640. The lowest BCUT2D eigenvalue weighted by atomic mass is 10.1. The maximum absolute atomic E-state index is 11.9. The zero-order chi connectivity index (χ0) is 13.1. The first kappa shape index (κ1) is 12.6. The van der Waals surface area contributed by atoms with Gasteiger partial charge in [0.1, 0.15) is 0 Å². The number of rotatable bonds is 4. The SMILES string of the molecule is CNCC(O)c1ccccc1-n1ccn(C)c1=O. The van der Waals surface area contributed by atoms with Crippen LogP contribution in [0, 0.1) is 0 Å². The number of para-hydroxylation sites is 1. The molecule has 0 aliphatic carbocycles. The second-order valence-electron chi connectivity index (χ2n) is 4.19. The summed E-state index contributed by atoms with van der Waals surface area (Å²) in [5.74, 6) is 0. The van der Waals surface area contributed by atoms with Crippen molar-refractivity contribution in [2.24, 2.45) is 7.05 Å². The minimum absolute atomic E-state index is 0.126. The molecular weight excluding hydrogens is 230 g/mol. The van der Waals surface area contributed by atoms with Crippen LogP contribution in [0.4, 0.5) is 0 Å². The molecular formula is C13H17N3O2. The van der Waals surface area contributed by atoms with E-state index in [1.807, 2.05) is 24.3 Å². The molecule has 1 heterocycles. The third-order valence-electron chi connectivity index (χ3n) is 2.90. The summed E-state index contributed by atoms with van der Waals surface area (Å²) in [5.41, 5.74) is 1.32. The van der Waals surface area contributed by atoms with Crippen molar-refractivity contribution in [3.05, 3.63) is 52.7 Å². The highest BCUT2D eigenvalue weighted by molar-refractivity contribution is 5.42. The number of likely N-dealkylation sites (N-methyl/N-ethyl adjacent to an activating group) is 1. The van der Waals surface area contributed by atoms with E-state index >= 15 is 0 Å². The third kappa shape index (κ3) is 2.23. The van der Waals surface area contributed by atoms with E-state index in [4.69, 9.17) is 0 Å². The summed E-state index contributed by atoms with van der Waals surface area (Å²) in [5, 5.41) is 13.0. The lowest BCUT2D eigenvalue weighted by Crippen LogP contribution is -2.23. The highest BCUT2D eigenvalue weighted by Gasteiger charge is 2.14. The van der Waals surface area contributed by atoms with E-state index < -0.39 is 6.10 Å². The Balaban J connectivity index is 2.51. The van der Waals surface area contributed by atoms with Crippen LogP contribution in [0.2, 0.25) is 0 Å². The van der Waals surface area contributed by atoms with Gasteiger partial charge in [0.15, 0.2) is 0 Å². The fraction of sp³-hybridized carbons (Fsp3) is 0.308. The van der Waals surface area contributed by atoms with E-state index in [-0.39, 0.29) is 5.69 Å². The van der Waals surface area contributed by atoms with Crippen molar-refractivity contribution < 1.29 is 5.11 Å². The average Bonchev–Trinajstić information content (AvgIpc) is 2.70. The summed E-state index contributed by atoms with van der Waals surface area (Å²) in [7, 11) is 3.48. The Hall–Kier alpha value is -1.85. The number of nitrogens with one attached hydrogen (secondary N) is 1. The first-order valence-corrected chi connectivity index (χ1v) is 5.81. The van der Waals surface area contributed by atoms with E-state index in [1.165, 1.54) is 9.13 Å². The van der Waals surface area contributed by atoms with Gasteiger partial charge in [-0.25, -0.2) is 4.79 Å². The largest absolute Gasteiger partial charge is 0.387 e. The highest BCUT2D eigenvalue weighted by Crippen LogP contribution is 2.20. The van der Waals surface area contributed by atoms with Crippen LogP contribution in [0.5, 0.6) is 0 Å². The maximum atomic E-state index is 11.9. The number of benzene rings is 1. The van der Waals surface area contributed by atoms with Gasteiger partial charge in [-0.15, -0.1) is 0 Å². The molecule has 0 bridgehead atoms. The van der Waals surface area contributed by atoms with E-state index in [9.17, 15) is 9.90 Å². The fourth-order valence-corrected chi connectivity index (χ4v) is 1.94. The molecule has 0 fully saturated rings. The van der Waals surface area contributed by atoms with Gasteiger partial charge in [0, 0.05) is 31.5 Å². The zero-order valence-electron chi connectivity index (χ0n) is 10.5. The Morgan fingerprint density at radius 1 is 1.33 bits per heavy atom. The van der Waals surface area contributed by atoms with Crippen LogP contribution in [-0.4, -0.2) is 27.8 Å². The zero-order valence-corrected chi connectivity index (χ0v) is 10.5. The Labute approximate surface area is 105 Å². The van der Waals surface area contributed by atoms with Gasteiger partial charge in [-0.05, 0) is 13.1 Å². The monoisotopic (exact) mass is 247 g/mol. The van der Waals surface area contributed by atoms with Crippen LogP contribution < -0.4 is 11.0 Å². The van der Waals surface area contributed by atoms with Crippen LogP contribution in [0.1, 0.15) is 11.7 Å². The van der Waals surface area contributed by atoms with Gasteiger partial charge in [0.25, 0.3) is 0 Å². The molecule has 1 aromatic heterocycles. The van der Waals surface area contributed by atoms with E-state index in [2.05, 4.69) is 5.32 Å². The normalized spacial score (nSPS) is 12.6. The molecule has 0 spiro atoms. The van der Waals surface area contributed by atoms with E-state index in [1.54, 1.807) is 26.5 Å². The number of aryl methyl sites for hydroxylation is 1. The van der Waals surface area contributed by atoms with Crippen molar-refractivity contribution in [1.82, 2.24) is 14.5 Å². The molecule has 1 aromatic carbocycles. The number of aliphatic hydroxyl groups excluding tert-OH is 1. The Kier molecular flexibility index (Phi) is 3.64. The molecule has 0 aliphatic heterocycles. The van der Waals surface area contributed by atoms with Gasteiger partial charge in [0.05, 0.1) is 11.8 Å². The van der Waals surface area contributed by atoms with Crippen molar-refractivity contribution in [3.8, 4) is 5.69 Å². The van der Waals surface area contributed by atoms with Gasteiger partial charge >= 0.3 is 5.69 Å². The predicted molar refractivity (Wildman–Crippen MR) is 69.9 cm³/mol. The number of aromatic nitrogens is 2. The van der Waals surface area contributed by atoms with Crippen LogP contribution in [0.3, 0.4) is 0 Å². The molecule has 0 radical (unpaired) electrons. The summed E-state index contributed by atoms with van der Waals surface area (Å²) in [4.78, 5) is 11.9. The van der Waals surface area contributed by atoms with E-state index in [0.29, 0.717) is 12.2 Å². The van der Waals surface area contributed by atoms with Crippen molar-refractivity contribution >= 4 is 0 Å². The summed E-state index contributed by atoms with van der Waals surface area (Å²) in [6.07, 6.45) is 2.76. The lowest BCUT2D eigenvalue weighted by molar-refractivity contribution is 0.177. The second-order valence-corrected chi connectivity index (χ2v) is 4.19. The molecule has 2 N–H and O–H groups in total. The van der Waals surface area contributed by atoms with Gasteiger partial charge in [-0.3, -0.25) is 4.57 Å². The van der Waals surface area contributed by atoms with Crippen LogP contribution in [0.25, 0.3) is 5.69 Å². The van der Waals surface area contributed by atoms with Gasteiger partial charge < -0.3 is 15.0 Å². The van der Waals surface area contributed by atoms with Gasteiger partial charge in [0.2, 0.25) is 0 Å². The first-order valence-electron chi connectivity index (χ1n) is 5.81. The second kappa shape index (κ2) is 5.20. The molecule has 1 unspecified atom stereocenters. The number of hydrogen-bond acceptors (Lipinski definition) is 3. The Morgan fingerprint density at radius 3 is 2.67 bits per heavy atom. The molecule has 1 atom stereocenters. The molecule has 18 heavy (non-hydrogen) atoms. The molecule has 2 aromatic rings. The molecule has 2 rings (SSSR count).